The van der Waals surface area contributed by atoms with Crippen LogP contribution in [0.2, 0.25) is 0 Å². The number of fused-ring (bicyclic) bond motifs is 2. The minimum absolute atomic E-state index is 0.131. The van der Waals surface area contributed by atoms with Gasteiger partial charge >= 0.3 is 0 Å². The Morgan fingerprint density at radius 2 is 2.00 bits per heavy atom. The first-order valence-corrected chi connectivity index (χ1v) is 12.2. The molecular weight excluding hydrogens is 420 g/mol. The minimum Gasteiger partial charge on any atom is -0.280 e. The normalized spacial score (nSPS) is 12.3. The number of anilines is 1. The van der Waals surface area contributed by atoms with Crippen LogP contribution < -0.4 is 4.72 Å². The van der Waals surface area contributed by atoms with Crippen LogP contribution in [-0.2, 0) is 10.0 Å². The van der Waals surface area contributed by atoms with E-state index in [2.05, 4.69) is 32.3 Å². The molecule has 2 aromatic heterocycles. The van der Waals surface area contributed by atoms with Crippen LogP contribution >= 0.6 is 34.8 Å². The van der Waals surface area contributed by atoms with Crippen LogP contribution in [0.25, 0.3) is 21.3 Å². The summed E-state index contributed by atoms with van der Waals surface area (Å²) in [6.07, 6.45) is 0. The van der Waals surface area contributed by atoms with Gasteiger partial charge in [0.25, 0.3) is 10.0 Å². The summed E-state index contributed by atoms with van der Waals surface area (Å²) in [5, 5.41) is 0. The zero-order valence-corrected chi connectivity index (χ0v) is 17.8. The predicted molar refractivity (Wildman–Crippen MR) is 113 cm³/mol. The molecule has 6 nitrogen and oxygen atoms in total. The molecule has 2 heterocycles. The molecular formula is C17H16N4O2S4. The molecule has 0 radical (unpaired) electrons. The van der Waals surface area contributed by atoms with Gasteiger partial charge < -0.3 is 0 Å². The van der Waals surface area contributed by atoms with Crippen molar-refractivity contribution in [3.05, 3.63) is 36.4 Å². The van der Waals surface area contributed by atoms with Crippen molar-refractivity contribution in [2.45, 2.75) is 23.1 Å². The molecule has 0 atom stereocenters. The molecule has 0 saturated heterocycles. The maximum absolute atomic E-state index is 12.8. The van der Waals surface area contributed by atoms with Gasteiger partial charge in [0.2, 0.25) is 0 Å². The highest BCUT2D eigenvalue weighted by Crippen LogP contribution is 2.33. The Morgan fingerprint density at radius 3 is 2.81 bits per heavy atom. The van der Waals surface area contributed by atoms with Crippen LogP contribution in [-0.4, -0.2) is 27.9 Å². The van der Waals surface area contributed by atoms with E-state index in [1.807, 2.05) is 12.1 Å². The zero-order chi connectivity index (χ0) is 19.0. The van der Waals surface area contributed by atoms with Gasteiger partial charge in [0.05, 0.1) is 27.6 Å². The van der Waals surface area contributed by atoms with Crippen LogP contribution in [0.15, 0.2) is 45.6 Å². The lowest BCUT2D eigenvalue weighted by Crippen LogP contribution is -2.13. The minimum atomic E-state index is -3.76. The van der Waals surface area contributed by atoms with Gasteiger partial charge in [0.15, 0.2) is 4.34 Å². The molecule has 2 aromatic carbocycles. The van der Waals surface area contributed by atoms with Crippen molar-refractivity contribution in [2.75, 3.05) is 10.5 Å². The van der Waals surface area contributed by atoms with E-state index in [1.165, 1.54) is 6.07 Å². The Balaban J connectivity index is 1.63. The SMILES string of the molecule is CC(C)CSc1nc2ccc(NS(=O)(=O)c3cccc4nsnc34)cc2s1. The second-order valence-corrected chi connectivity index (χ2v) is 10.8. The average molecular weight is 437 g/mol. The number of rotatable bonds is 6. The third kappa shape index (κ3) is 3.93. The predicted octanol–water partition coefficient (Wildman–Crippen LogP) is 4.85. The number of thiazole rings is 1. The molecule has 0 amide bonds. The quantitative estimate of drug-likeness (QED) is 0.435. The van der Waals surface area contributed by atoms with Crippen LogP contribution in [0.3, 0.4) is 0 Å². The number of hydrogen-bond donors (Lipinski definition) is 1. The van der Waals surface area contributed by atoms with Gasteiger partial charge in [0, 0.05) is 5.75 Å². The van der Waals surface area contributed by atoms with E-state index >= 15 is 0 Å². The molecule has 0 aliphatic heterocycles. The van der Waals surface area contributed by atoms with Gasteiger partial charge in [-0.15, -0.1) is 11.3 Å². The van der Waals surface area contributed by atoms with Crippen molar-refractivity contribution >= 4 is 71.8 Å². The van der Waals surface area contributed by atoms with Crippen molar-refractivity contribution in [2.24, 2.45) is 5.92 Å². The van der Waals surface area contributed by atoms with E-state index in [4.69, 9.17) is 0 Å². The smallest absolute Gasteiger partial charge is 0.264 e. The Kier molecular flexibility index (Phi) is 5.06. The molecule has 0 fully saturated rings. The Hall–Kier alpha value is -1.75. The van der Waals surface area contributed by atoms with Crippen LogP contribution in [0.1, 0.15) is 13.8 Å². The maximum Gasteiger partial charge on any atom is 0.264 e. The summed E-state index contributed by atoms with van der Waals surface area (Å²) in [6, 6.07) is 10.4. The molecule has 4 aromatic rings. The number of thioether (sulfide) groups is 1. The van der Waals surface area contributed by atoms with E-state index in [1.54, 1.807) is 41.3 Å². The maximum atomic E-state index is 12.8. The van der Waals surface area contributed by atoms with Crippen molar-refractivity contribution in [1.29, 1.82) is 0 Å². The lowest BCUT2D eigenvalue weighted by atomic mass is 10.3. The summed E-state index contributed by atoms with van der Waals surface area (Å²) in [4.78, 5) is 4.73. The highest BCUT2D eigenvalue weighted by Gasteiger charge is 2.20. The molecule has 4 rings (SSSR count). The van der Waals surface area contributed by atoms with E-state index in [-0.39, 0.29) is 4.90 Å². The van der Waals surface area contributed by atoms with E-state index in [0.717, 1.165) is 32.0 Å². The number of nitrogens with one attached hydrogen (secondary N) is 1. The summed E-state index contributed by atoms with van der Waals surface area (Å²) in [5.41, 5.74) is 2.35. The average Bonchev–Trinajstić information content (AvgIpc) is 3.25. The summed E-state index contributed by atoms with van der Waals surface area (Å²) in [5.74, 6) is 1.60. The molecule has 140 valence electrons. The van der Waals surface area contributed by atoms with Crippen LogP contribution in [0, 0.1) is 5.92 Å². The second-order valence-electron chi connectivity index (χ2n) is 6.36. The molecule has 1 N–H and O–H groups in total. The highest BCUT2D eigenvalue weighted by atomic mass is 32.2. The molecule has 0 unspecified atom stereocenters. The van der Waals surface area contributed by atoms with Gasteiger partial charge in [-0.1, -0.05) is 31.7 Å². The third-order valence-corrected chi connectivity index (χ3v) is 8.24. The van der Waals surface area contributed by atoms with Gasteiger partial charge in [-0.05, 0) is 36.2 Å². The monoisotopic (exact) mass is 436 g/mol. The van der Waals surface area contributed by atoms with Crippen molar-refractivity contribution in [3.63, 3.8) is 0 Å². The van der Waals surface area contributed by atoms with Crippen LogP contribution in [0.5, 0.6) is 0 Å². The Morgan fingerprint density at radius 1 is 1.15 bits per heavy atom. The fourth-order valence-electron chi connectivity index (χ4n) is 2.48. The lowest BCUT2D eigenvalue weighted by Gasteiger charge is -2.08. The molecule has 0 bridgehead atoms. The Labute approximate surface area is 169 Å². The van der Waals surface area contributed by atoms with E-state index in [9.17, 15) is 8.42 Å². The molecule has 0 aliphatic rings. The van der Waals surface area contributed by atoms with E-state index < -0.39 is 10.0 Å². The van der Waals surface area contributed by atoms with Crippen LogP contribution in [0.4, 0.5) is 5.69 Å². The first-order chi connectivity index (χ1) is 12.9. The molecule has 0 saturated carbocycles. The third-order valence-electron chi connectivity index (χ3n) is 3.70. The van der Waals surface area contributed by atoms with Crippen molar-refractivity contribution in [3.8, 4) is 0 Å². The summed E-state index contributed by atoms with van der Waals surface area (Å²) >= 11 is 4.30. The molecule has 10 heteroatoms. The number of hydrogen-bond acceptors (Lipinski definition) is 8. The standard InChI is InChI=1S/C17H16N4O2S4/c1-10(2)9-24-17-18-12-7-6-11(8-14(12)25-17)21-27(22,23)15-5-3-4-13-16(15)20-26-19-13/h3-8,10,21H,9H2,1-2H3. The Bertz CT molecular complexity index is 1210. The first kappa shape index (κ1) is 18.6. The zero-order valence-electron chi connectivity index (χ0n) is 14.5. The fourth-order valence-corrected chi connectivity index (χ4v) is 6.38. The largest absolute Gasteiger partial charge is 0.280 e. The lowest BCUT2D eigenvalue weighted by molar-refractivity contribution is 0.602. The molecule has 27 heavy (non-hydrogen) atoms. The van der Waals surface area contributed by atoms with Crippen molar-refractivity contribution in [1.82, 2.24) is 13.7 Å². The van der Waals surface area contributed by atoms with E-state index in [0.29, 0.717) is 22.6 Å². The van der Waals surface area contributed by atoms with Gasteiger partial charge in [0.1, 0.15) is 15.9 Å². The number of aromatic nitrogens is 3. The molecule has 0 spiro atoms. The number of nitrogens with zero attached hydrogens (tertiary/aromatic N) is 3. The van der Waals surface area contributed by atoms with Gasteiger partial charge in [-0.2, -0.15) is 8.75 Å². The summed E-state index contributed by atoms with van der Waals surface area (Å²) in [7, 11) is -3.76. The van der Waals surface area contributed by atoms with Gasteiger partial charge in [-0.25, -0.2) is 13.4 Å². The number of benzene rings is 2. The highest BCUT2D eigenvalue weighted by molar-refractivity contribution is 8.01. The van der Waals surface area contributed by atoms with Crippen molar-refractivity contribution < 1.29 is 8.42 Å². The summed E-state index contributed by atoms with van der Waals surface area (Å²) < 4.78 is 38.5. The summed E-state index contributed by atoms with van der Waals surface area (Å²) in [6.45, 7) is 4.34. The second kappa shape index (κ2) is 7.34. The molecule has 0 aliphatic carbocycles. The topological polar surface area (TPSA) is 84.8 Å². The van der Waals surface area contributed by atoms with Gasteiger partial charge in [-0.3, -0.25) is 4.72 Å². The first-order valence-electron chi connectivity index (χ1n) is 8.20. The number of sulfonamides is 1. The fraction of sp³-hybridized carbons (Fsp3) is 0.235.